The minimum absolute atomic E-state index is 0.298. The van der Waals surface area contributed by atoms with E-state index in [4.69, 9.17) is 0 Å². The summed E-state index contributed by atoms with van der Waals surface area (Å²) >= 11 is 1.77. The zero-order valence-corrected chi connectivity index (χ0v) is 13.6. The summed E-state index contributed by atoms with van der Waals surface area (Å²) in [6.45, 7) is 14.8. The van der Waals surface area contributed by atoms with E-state index in [1.54, 1.807) is 11.3 Å². The molecule has 2 heterocycles. The Morgan fingerprint density at radius 2 is 2.21 bits per heavy atom. The summed E-state index contributed by atoms with van der Waals surface area (Å²) in [7, 11) is 0. The number of nitrogens with zero attached hydrogens (tertiary/aromatic N) is 2. The molecule has 0 spiro atoms. The lowest BCUT2D eigenvalue weighted by atomic mass is 9.83. The smallest absolute Gasteiger partial charge is 0.107 e. The van der Waals surface area contributed by atoms with Gasteiger partial charge >= 0.3 is 0 Å². The van der Waals surface area contributed by atoms with Gasteiger partial charge in [-0.2, -0.15) is 0 Å². The molecule has 1 aromatic rings. The fourth-order valence-electron chi connectivity index (χ4n) is 2.82. The molecule has 108 valence electrons. The summed E-state index contributed by atoms with van der Waals surface area (Å²) in [6.07, 6.45) is 1.91. The van der Waals surface area contributed by atoms with Crippen LogP contribution in [0.5, 0.6) is 0 Å². The zero-order chi connectivity index (χ0) is 14.0. The second kappa shape index (κ2) is 5.90. The molecule has 19 heavy (non-hydrogen) atoms. The van der Waals surface area contributed by atoms with E-state index >= 15 is 0 Å². The van der Waals surface area contributed by atoms with Gasteiger partial charge in [0.05, 0.1) is 6.54 Å². The van der Waals surface area contributed by atoms with Gasteiger partial charge in [0.1, 0.15) is 5.01 Å². The summed E-state index contributed by atoms with van der Waals surface area (Å²) in [6, 6.07) is 1.17. The van der Waals surface area contributed by atoms with Gasteiger partial charge in [-0.3, -0.25) is 4.90 Å². The highest BCUT2D eigenvalue weighted by atomic mass is 32.1. The van der Waals surface area contributed by atoms with Crippen LogP contribution in [0, 0.1) is 11.3 Å². The van der Waals surface area contributed by atoms with E-state index in [0.717, 1.165) is 19.6 Å². The third-order valence-electron chi connectivity index (χ3n) is 4.07. The molecular formula is C15H27N3S. The summed E-state index contributed by atoms with van der Waals surface area (Å²) in [5, 5.41) is 7.03. The second-order valence-electron chi connectivity index (χ2n) is 7.00. The van der Waals surface area contributed by atoms with Crippen LogP contribution in [-0.4, -0.2) is 35.1 Å². The van der Waals surface area contributed by atoms with Crippen LogP contribution >= 0.6 is 11.3 Å². The van der Waals surface area contributed by atoms with E-state index in [1.807, 2.05) is 6.20 Å². The van der Waals surface area contributed by atoms with Gasteiger partial charge in [-0.05, 0) is 11.3 Å². The molecule has 0 saturated carbocycles. The standard InChI is InChI=1S/C15H27N3S/c1-11(2)12-9-18(10-14-16-6-7-19-14)13(8-17-12)15(3,4)5/h6-7,11-13,17H,8-10H2,1-5H3. The fraction of sp³-hybridized carbons (Fsp3) is 0.800. The van der Waals surface area contributed by atoms with Gasteiger partial charge in [0.25, 0.3) is 0 Å². The molecule has 0 amide bonds. The average molecular weight is 281 g/mol. The van der Waals surface area contributed by atoms with Gasteiger partial charge in [0.2, 0.25) is 0 Å². The summed E-state index contributed by atoms with van der Waals surface area (Å²) in [4.78, 5) is 7.08. The second-order valence-corrected chi connectivity index (χ2v) is 7.97. The molecule has 4 heteroatoms. The molecule has 0 aromatic carbocycles. The van der Waals surface area contributed by atoms with Gasteiger partial charge in [-0.15, -0.1) is 11.3 Å². The third-order valence-corrected chi connectivity index (χ3v) is 4.84. The van der Waals surface area contributed by atoms with Gasteiger partial charge in [-0.1, -0.05) is 34.6 Å². The lowest BCUT2D eigenvalue weighted by Crippen LogP contribution is -2.61. The molecule has 0 aliphatic carbocycles. The molecule has 3 nitrogen and oxygen atoms in total. The maximum atomic E-state index is 4.45. The van der Waals surface area contributed by atoms with Gasteiger partial charge in [0, 0.05) is 36.8 Å². The molecule has 0 radical (unpaired) electrons. The van der Waals surface area contributed by atoms with Crippen molar-refractivity contribution in [3.63, 3.8) is 0 Å². The van der Waals surface area contributed by atoms with E-state index in [2.05, 4.69) is 55.2 Å². The number of aromatic nitrogens is 1. The van der Waals surface area contributed by atoms with Crippen LogP contribution in [0.3, 0.4) is 0 Å². The van der Waals surface area contributed by atoms with Crippen LogP contribution in [0.1, 0.15) is 39.6 Å². The molecule has 1 aliphatic rings. The van der Waals surface area contributed by atoms with E-state index in [1.165, 1.54) is 5.01 Å². The minimum Gasteiger partial charge on any atom is -0.311 e. The summed E-state index contributed by atoms with van der Waals surface area (Å²) < 4.78 is 0. The largest absolute Gasteiger partial charge is 0.311 e. The number of piperazine rings is 1. The number of thiazole rings is 1. The van der Waals surface area contributed by atoms with Gasteiger partial charge in [-0.25, -0.2) is 4.98 Å². The lowest BCUT2D eigenvalue weighted by Gasteiger charge is -2.47. The highest BCUT2D eigenvalue weighted by Gasteiger charge is 2.36. The number of hydrogen-bond acceptors (Lipinski definition) is 4. The fourth-order valence-corrected chi connectivity index (χ4v) is 3.46. The SMILES string of the molecule is CC(C)C1CN(Cc2nccs2)C(C(C)(C)C)CN1. The normalized spacial score (nSPS) is 26.0. The maximum Gasteiger partial charge on any atom is 0.107 e. The third kappa shape index (κ3) is 3.77. The highest BCUT2D eigenvalue weighted by Crippen LogP contribution is 2.29. The Balaban J connectivity index is 2.11. The lowest BCUT2D eigenvalue weighted by molar-refractivity contribution is 0.0400. The van der Waals surface area contributed by atoms with Crippen molar-refractivity contribution >= 4 is 11.3 Å². The Bertz CT molecular complexity index is 381. The first-order chi connectivity index (χ1) is 8.88. The highest BCUT2D eigenvalue weighted by molar-refractivity contribution is 7.09. The Morgan fingerprint density at radius 1 is 1.47 bits per heavy atom. The summed E-state index contributed by atoms with van der Waals surface area (Å²) in [5.74, 6) is 0.680. The molecular weight excluding hydrogens is 254 g/mol. The predicted molar refractivity (Wildman–Crippen MR) is 82.4 cm³/mol. The molecule has 1 saturated heterocycles. The summed E-state index contributed by atoms with van der Waals surface area (Å²) in [5.41, 5.74) is 0.298. The van der Waals surface area contributed by atoms with Crippen molar-refractivity contribution in [1.29, 1.82) is 0 Å². The number of nitrogens with one attached hydrogen (secondary N) is 1. The Hall–Kier alpha value is -0.450. The van der Waals surface area contributed by atoms with Crippen LogP contribution < -0.4 is 5.32 Å². The van der Waals surface area contributed by atoms with Crippen LogP contribution in [0.2, 0.25) is 0 Å². The first kappa shape index (κ1) is 14.9. The van der Waals surface area contributed by atoms with Crippen molar-refractivity contribution in [2.24, 2.45) is 11.3 Å². The predicted octanol–water partition coefficient (Wildman–Crippen LogP) is 2.99. The van der Waals surface area contributed by atoms with Crippen molar-refractivity contribution in [2.45, 2.75) is 53.2 Å². The Morgan fingerprint density at radius 3 is 2.74 bits per heavy atom. The van der Waals surface area contributed by atoms with Crippen LogP contribution in [0.25, 0.3) is 0 Å². The molecule has 0 bridgehead atoms. The van der Waals surface area contributed by atoms with E-state index in [0.29, 0.717) is 23.4 Å². The van der Waals surface area contributed by atoms with Crippen LogP contribution in [0.15, 0.2) is 11.6 Å². The first-order valence-electron chi connectivity index (χ1n) is 7.23. The van der Waals surface area contributed by atoms with E-state index in [-0.39, 0.29) is 0 Å². The molecule has 1 aliphatic heterocycles. The van der Waals surface area contributed by atoms with Crippen LogP contribution in [-0.2, 0) is 6.54 Å². The quantitative estimate of drug-likeness (QED) is 0.923. The molecule has 2 rings (SSSR count). The zero-order valence-electron chi connectivity index (χ0n) is 12.8. The van der Waals surface area contributed by atoms with Crippen molar-refractivity contribution in [3.05, 3.63) is 16.6 Å². The molecule has 1 aromatic heterocycles. The van der Waals surface area contributed by atoms with Crippen molar-refractivity contribution < 1.29 is 0 Å². The molecule has 1 N–H and O–H groups in total. The van der Waals surface area contributed by atoms with Crippen LogP contribution in [0.4, 0.5) is 0 Å². The average Bonchev–Trinajstić information content (AvgIpc) is 2.80. The monoisotopic (exact) mass is 281 g/mol. The minimum atomic E-state index is 0.298. The molecule has 1 fully saturated rings. The molecule has 2 unspecified atom stereocenters. The number of rotatable bonds is 3. The first-order valence-corrected chi connectivity index (χ1v) is 8.11. The Labute approximate surface area is 121 Å². The van der Waals surface area contributed by atoms with Crippen molar-refractivity contribution in [2.75, 3.05) is 13.1 Å². The van der Waals surface area contributed by atoms with E-state index in [9.17, 15) is 0 Å². The van der Waals surface area contributed by atoms with Crippen molar-refractivity contribution in [3.8, 4) is 0 Å². The van der Waals surface area contributed by atoms with Gasteiger partial charge < -0.3 is 5.32 Å². The topological polar surface area (TPSA) is 28.2 Å². The maximum absolute atomic E-state index is 4.45. The molecule has 2 atom stereocenters. The van der Waals surface area contributed by atoms with Crippen molar-refractivity contribution in [1.82, 2.24) is 15.2 Å². The van der Waals surface area contributed by atoms with Gasteiger partial charge in [0.15, 0.2) is 0 Å². The number of hydrogen-bond donors (Lipinski definition) is 1. The van der Waals surface area contributed by atoms with E-state index < -0.39 is 0 Å². The Kier molecular flexibility index (Phi) is 4.64.